The highest BCUT2D eigenvalue weighted by Gasteiger charge is 2.84. The molecule has 6 fully saturated rings. The van der Waals surface area contributed by atoms with Crippen molar-refractivity contribution < 1.29 is 14.6 Å². The molecule has 0 aromatic heterocycles. The van der Waals surface area contributed by atoms with Crippen molar-refractivity contribution in [2.75, 3.05) is 13.1 Å². The molecule has 1 aromatic rings. The van der Waals surface area contributed by atoms with Crippen molar-refractivity contribution in [3.05, 3.63) is 23.3 Å². The van der Waals surface area contributed by atoms with Gasteiger partial charge in [0.15, 0.2) is 11.5 Å². The zero-order chi connectivity index (χ0) is 21.9. The molecule has 4 bridgehead atoms. The maximum atomic E-state index is 10.9. The van der Waals surface area contributed by atoms with Gasteiger partial charge in [0.2, 0.25) is 0 Å². The molecule has 172 valence electrons. The average molecular weight is 436 g/mol. The topological polar surface area (TPSA) is 41.9 Å². The highest BCUT2D eigenvalue weighted by Crippen LogP contribution is 2.80. The van der Waals surface area contributed by atoms with Crippen molar-refractivity contribution in [3.8, 4) is 11.5 Å². The molecule has 1 aromatic carbocycles. The number of piperidine rings is 1. The Morgan fingerprint density at radius 3 is 2.69 bits per heavy atom. The number of phenols is 1. The third-order valence-corrected chi connectivity index (χ3v) is 12.1. The first-order valence-electron chi connectivity index (χ1n) is 13.1. The van der Waals surface area contributed by atoms with Crippen LogP contribution >= 0.6 is 0 Å². The van der Waals surface area contributed by atoms with E-state index in [-0.39, 0.29) is 33.6 Å². The summed E-state index contributed by atoms with van der Waals surface area (Å²) in [6.45, 7) is 12.0. The van der Waals surface area contributed by atoms with Gasteiger partial charge in [-0.1, -0.05) is 19.9 Å². The molecule has 4 heteroatoms. The van der Waals surface area contributed by atoms with Crippen LogP contribution in [0, 0.1) is 22.7 Å². The molecule has 0 amide bonds. The third-order valence-electron chi connectivity index (χ3n) is 12.1. The lowest BCUT2D eigenvalue weighted by molar-refractivity contribution is -0.272. The number of rotatable bonds is 2. The van der Waals surface area contributed by atoms with Crippen LogP contribution in [0.15, 0.2) is 12.1 Å². The molecule has 3 aliphatic heterocycles. The lowest BCUT2D eigenvalue weighted by Gasteiger charge is -2.73. The second kappa shape index (κ2) is 5.20. The molecule has 0 unspecified atom stereocenters. The fraction of sp³-hybridized carbons (Fsp3) is 0.786. The van der Waals surface area contributed by atoms with Crippen molar-refractivity contribution in [1.82, 2.24) is 4.90 Å². The van der Waals surface area contributed by atoms with Crippen LogP contribution in [-0.4, -0.2) is 46.4 Å². The summed E-state index contributed by atoms with van der Waals surface area (Å²) < 4.78 is 14.2. The Hall–Kier alpha value is -1.26. The summed E-state index contributed by atoms with van der Waals surface area (Å²) in [6.07, 6.45) is 8.76. The SMILES string of the molecule is CC1(C)O[C@]23CC[C@@]4(C[C@@H]2C1(C)C)[C@H]1Cc2ccc(O)c5c2[C@@]4(CCN1CC1CC1)[C@H]3O5. The normalized spacial score (nSPS) is 48.3. The van der Waals surface area contributed by atoms with Crippen molar-refractivity contribution in [1.29, 1.82) is 0 Å². The van der Waals surface area contributed by atoms with Crippen LogP contribution < -0.4 is 4.74 Å². The summed E-state index contributed by atoms with van der Waals surface area (Å²) in [5.74, 6) is 2.56. The summed E-state index contributed by atoms with van der Waals surface area (Å²) >= 11 is 0. The van der Waals surface area contributed by atoms with Gasteiger partial charge in [0, 0.05) is 34.9 Å². The zero-order valence-electron chi connectivity index (χ0n) is 20.0. The number of benzene rings is 1. The smallest absolute Gasteiger partial charge is 0.165 e. The van der Waals surface area contributed by atoms with Gasteiger partial charge < -0.3 is 14.6 Å². The van der Waals surface area contributed by atoms with E-state index in [9.17, 15) is 5.11 Å². The quantitative estimate of drug-likeness (QED) is 0.724. The van der Waals surface area contributed by atoms with Crippen LogP contribution in [-0.2, 0) is 16.6 Å². The Kier molecular flexibility index (Phi) is 3.10. The summed E-state index contributed by atoms with van der Waals surface area (Å²) in [6, 6.07) is 4.70. The van der Waals surface area contributed by atoms with Gasteiger partial charge in [-0.05, 0) is 88.3 Å². The van der Waals surface area contributed by atoms with E-state index in [1.165, 1.54) is 49.9 Å². The first kappa shape index (κ1) is 19.1. The number of ether oxygens (including phenoxy) is 2. The van der Waals surface area contributed by atoms with Gasteiger partial charge in [-0.25, -0.2) is 0 Å². The van der Waals surface area contributed by atoms with E-state index < -0.39 is 0 Å². The highest BCUT2D eigenvalue weighted by molar-refractivity contribution is 5.63. The van der Waals surface area contributed by atoms with Crippen molar-refractivity contribution in [2.24, 2.45) is 22.7 Å². The van der Waals surface area contributed by atoms with E-state index in [2.05, 4.69) is 38.7 Å². The largest absolute Gasteiger partial charge is 0.504 e. The minimum absolute atomic E-state index is 0.00459. The Morgan fingerprint density at radius 2 is 1.91 bits per heavy atom. The molecule has 5 aliphatic carbocycles. The van der Waals surface area contributed by atoms with Crippen LogP contribution in [0.3, 0.4) is 0 Å². The number of hydrogen-bond donors (Lipinski definition) is 1. The van der Waals surface area contributed by atoms with Gasteiger partial charge >= 0.3 is 0 Å². The number of aromatic hydroxyl groups is 1. The Balaban J connectivity index is 1.40. The van der Waals surface area contributed by atoms with Crippen molar-refractivity contribution >= 4 is 0 Å². The lowest BCUT2D eigenvalue weighted by Crippen LogP contribution is -2.80. The van der Waals surface area contributed by atoms with Crippen molar-refractivity contribution in [2.45, 2.75) is 101 Å². The maximum absolute atomic E-state index is 10.9. The van der Waals surface area contributed by atoms with Gasteiger partial charge in [0.05, 0.1) is 5.60 Å². The number of fused-ring (bicyclic) bond motifs is 1. The van der Waals surface area contributed by atoms with E-state index in [0.717, 1.165) is 30.9 Å². The average Bonchev–Trinajstić information content (AvgIpc) is 3.44. The summed E-state index contributed by atoms with van der Waals surface area (Å²) in [4.78, 5) is 2.90. The molecule has 8 aliphatic rings. The third kappa shape index (κ3) is 1.74. The second-order valence-electron chi connectivity index (χ2n) is 13.5. The van der Waals surface area contributed by atoms with Gasteiger partial charge in [-0.3, -0.25) is 4.90 Å². The molecule has 1 N–H and O–H groups in total. The van der Waals surface area contributed by atoms with Gasteiger partial charge in [0.1, 0.15) is 11.7 Å². The monoisotopic (exact) mass is 435 g/mol. The zero-order valence-corrected chi connectivity index (χ0v) is 20.0. The molecule has 0 radical (unpaired) electrons. The van der Waals surface area contributed by atoms with Crippen LogP contribution in [0.25, 0.3) is 0 Å². The minimum atomic E-state index is -0.238. The molecule has 6 atom stereocenters. The Morgan fingerprint density at radius 1 is 1.09 bits per heavy atom. The van der Waals surface area contributed by atoms with E-state index >= 15 is 0 Å². The number of hydrogen-bond acceptors (Lipinski definition) is 4. The first-order chi connectivity index (χ1) is 15.2. The molecule has 4 saturated carbocycles. The molecule has 32 heavy (non-hydrogen) atoms. The standard InChI is InChI=1S/C28H37NO3/c1-24(2)19-14-26-9-10-28(19,32-25(24,3)4)23-27(26)11-12-29(15-16-5-6-16)20(26)13-17-7-8-18(30)22(31-23)21(17)27/h7-8,16,19-20,23,30H,5-6,9-15H2,1-4H3/t19-,20-,23-,26-,27+,28-/m1/s1. The number of phenolic OH excluding ortho intramolecular Hbond substituents is 1. The van der Waals surface area contributed by atoms with Gasteiger partial charge in [0.25, 0.3) is 0 Å². The van der Waals surface area contributed by atoms with Gasteiger partial charge in [-0.15, -0.1) is 0 Å². The Bertz CT molecular complexity index is 1060. The lowest BCUT2D eigenvalue weighted by atomic mass is 9.33. The van der Waals surface area contributed by atoms with E-state index in [0.29, 0.717) is 17.7 Å². The second-order valence-corrected chi connectivity index (χ2v) is 13.5. The fourth-order valence-electron chi connectivity index (χ4n) is 10.1. The summed E-state index contributed by atoms with van der Waals surface area (Å²) in [5.41, 5.74) is 2.74. The molecule has 4 nitrogen and oxygen atoms in total. The van der Waals surface area contributed by atoms with E-state index in [1.807, 2.05) is 6.07 Å². The predicted octanol–water partition coefficient (Wildman–Crippen LogP) is 4.81. The molecule has 3 spiro atoms. The molecule has 3 heterocycles. The molecular formula is C28H37NO3. The fourth-order valence-corrected chi connectivity index (χ4v) is 10.1. The summed E-state index contributed by atoms with van der Waals surface area (Å²) in [7, 11) is 0. The first-order valence-corrected chi connectivity index (χ1v) is 13.1. The minimum Gasteiger partial charge on any atom is -0.504 e. The van der Waals surface area contributed by atoms with E-state index in [4.69, 9.17) is 9.47 Å². The van der Waals surface area contributed by atoms with Crippen LogP contribution in [0.1, 0.15) is 77.3 Å². The molecule has 2 saturated heterocycles. The number of nitrogens with zero attached hydrogens (tertiary/aromatic N) is 1. The van der Waals surface area contributed by atoms with Gasteiger partial charge in [-0.2, -0.15) is 0 Å². The highest BCUT2D eigenvalue weighted by atomic mass is 16.6. The molecule has 9 rings (SSSR count). The molecular weight excluding hydrogens is 398 g/mol. The van der Waals surface area contributed by atoms with Crippen LogP contribution in [0.2, 0.25) is 0 Å². The maximum Gasteiger partial charge on any atom is 0.165 e. The van der Waals surface area contributed by atoms with E-state index in [1.54, 1.807) is 0 Å². The number of likely N-dealkylation sites (tertiary alicyclic amines) is 1. The van der Waals surface area contributed by atoms with Crippen molar-refractivity contribution in [3.63, 3.8) is 0 Å². The summed E-state index contributed by atoms with van der Waals surface area (Å²) in [5, 5.41) is 10.9. The van der Waals surface area contributed by atoms with Crippen LogP contribution in [0.5, 0.6) is 11.5 Å². The Labute approximate surface area is 191 Å². The van der Waals surface area contributed by atoms with Crippen LogP contribution in [0.4, 0.5) is 0 Å². The predicted molar refractivity (Wildman–Crippen MR) is 122 cm³/mol.